The molecule has 0 saturated carbocycles. The van der Waals surface area contributed by atoms with E-state index in [0.717, 1.165) is 30.5 Å². The van der Waals surface area contributed by atoms with E-state index in [9.17, 15) is 18.0 Å². The topological polar surface area (TPSA) is 84.1 Å². The molecule has 194 valence electrons. The van der Waals surface area contributed by atoms with Gasteiger partial charge in [-0.3, -0.25) is 0 Å². The molecule has 0 amide bonds. The number of allylic oxidation sites excluding steroid dienone is 3. The quantitative estimate of drug-likeness (QED) is 0.281. The Labute approximate surface area is 215 Å². The standard InChI is InChI=1S/C27H22F3N5O3/c1-2-37-26(36)23-16-31-35(25(23)27(28,29)30)20-10-8-18(9-11-20)24-17-34(33-32-24)19-12-14-22(15-13-19)38-21-6-4-3-5-7-21/h4,6-17H,2-3,5H2,1H3. The smallest absolute Gasteiger partial charge is 0.434 e. The Hall–Kier alpha value is -4.67. The number of benzene rings is 2. The van der Waals surface area contributed by atoms with Gasteiger partial charge in [-0.05, 0) is 68.3 Å². The van der Waals surface area contributed by atoms with Crippen molar-refractivity contribution in [3.63, 3.8) is 0 Å². The number of esters is 1. The zero-order chi connectivity index (χ0) is 26.7. The Balaban J connectivity index is 1.35. The number of ether oxygens (including phenoxy) is 2. The van der Waals surface area contributed by atoms with Gasteiger partial charge in [0.15, 0.2) is 5.69 Å². The first-order valence-corrected chi connectivity index (χ1v) is 11.8. The first kappa shape index (κ1) is 25.0. The minimum Gasteiger partial charge on any atom is -0.462 e. The van der Waals surface area contributed by atoms with Crippen LogP contribution in [0.15, 0.2) is 84.9 Å². The van der Waals surface area contributed by atoms with Crippen LogP contribution in [-0.4, -0.2) is 37.4 Å². The highest BCUT2D eigenvalue weighted by molar-refractivity contribution is 5.90. The minimum atomic E-state index is -4.81. The molecule has 0 unspecified atom stereocenters. The number of halogens is 3. The number of hydrogen-bond donors (Lipinski definition) is 0. The molecule has 0 bridgehead atoms. The summed E-state index contributed by atoms with van der Waals surface area (Å²) in [6, 6.07) is 13.5. The summed E-state index contributed by atoms with van der Waals surface area (Å²) in [6.45, 7) is 1.46. The van der Waals surface area contributed by atoms with Gasteiger partial charge in [-0.2, -0.15) is 18.3 Å². The van der Waals surface area contributed by atoms with E-state index in [1.54, 1.807) is 23.0 Å². The Bertz CT molecular complexity index is 1500. The van der Waals surface area contributed by atoms with Gasteiger partial charge < -0.3 is 9.47 Å². The van der Waals surface area contributed by atoms with E-state index >= 15 is 0 Å². The Morgan fingerprint density at radius 3 is 2.42 bits per heavy atom. The molecule has 0 atom stereocenters. The van der Waals surface area contributed by atoms with E-state index in [2.05, 4.69) is 21.5 Å². The highest BCUT2D eigenvalue weighted by Gasteiger charge is 2.41. The van der Waals surface area contributed by atoms with E-state index in [1.807, 2.05) is 36.4 Å². The summed E-state index contributed by atoms with van der Waals surface area (Å²) in [5.41, 5.74) is 0.217. The van der Waals surface area contributed by atoms with Gasteiger partial charge >= 0.3 is 12.1 Å². The Morgan fingerprint density at radius 2 is 1.76 bits per heavy atom. The van der Waals surface area contributed by atoms with Crippen LogP contribution in [0, 0.1) is 0 Å². The molecular weight excluding hydrogens is 499 g/mol. The molecule has 2 aromatic carbocycles. The van der Waals surface area contributed by atoms with Crippen molar-refractivity contribution in [2.75, 3.05) is 6.61 Å². The lowest BCUT2D eigenvalue weighted by Crippen LogP contribution is -2.18. The molecule has 2 aromatic heterocycles. The lowest BCUT2D eigenvalue weighted by atomic mass is 10.1. The molecule has 0 saturated heterocycles. The van der Waals surface area contributed by atoms with E-state index in [-0.39, 0.29) is 12.3 Å². The summed E-state index contributed by atoms with van der Waals surface area (Å²) in [5.74, 6) is 0.428. The third kappa shape index (κ3) is 5.22. The number of nitrogens with zero attached hydrogens (tertiary/aromatic N) is 5. The Kier molecular flexibility index (Phi) is 6.82. The average Bonchev–Trinajstić information content (AvgIpc) is 3.58. The maximum atomic E-state index is 13.8. The summed E-state index contributed by atoms with van der Waals surface area (Å²) < 4.78 is 54.2. The van der Waals surface area contributed by atoms with Crippen molar-refractivity contribution < 1.29 is 27.4 Å². The highest BCUT2D eigenvalue weighted by atomic mass is 19.4. The van der Waals surface area contributed by atoms with Crippen molar-refractivity contribution in [3.05, 3.63) is 96.2 Å². The van der Waals surface area contributed by atoms with Crippen LogP contribution in [0.4, 0.5) is 13.2 Å². The first-order chi connectivity index (χ1) is 18.3. The van der Waals surface area contributed by atoms with Crippen LogP contribution in [0.5, 0.6) is 5.75 Å². The van der Waals surface area contributed by atoms with Gasteiger partial charge in [0, 0.05) is 5.56 Å². The summed E-state index contributed by atoms with van der Waals surface area (Å²) in [7, 11) is 0. The van der Waals surface area contributed by atoms with E-state index in [4.69, 9.17) is 9.47 Å². The predicted molar refractivity (Wildman–Crippen MR) is 132 cm³/mol. The molecule has 2 heterocycles. The molecule has 8 nitrogen and oxygen atoms in total. The number of carbonyl (C=O) groups is 1. The zero-order valence-electron chi connectivity index (χ0n) is 20.2. The van der Waals surface area contributed by atoms with Gasteiger partial charge in [-0.25, -0.2) is 14.2 Å². The normalized spacial score (nSPS) is 13.3. The average molecular weight is 521 g/mol. The maximum Gasteiger partial charge on any atom is 0.434 e. The van der Waals surface area contributed by atoms with E-state index < -0.39 is 23.4 Å². The molecule has 4 aromatic rings. The lowest BCUT2D eigenvalue weighted by molar-refractivity contribution is -0.143. The zero-order valence-corrected chi connectivity index (χ0v) is 20.2. The maximum absolute atomic E-state index is 13.8. The molecule has 0 fully saturated rings. The third-order valence-corrected chi connectivity index (χ3v) is 5.73. The molecule has 5 rings (SSSR count). The van der Waals surface area contributed by atoms with Gasteiger partial charge in [0.05, 0.1) is 30.4 Å². The van der Waals surface area contributed by atoms with Crippen molar-refractivity contribution in [1.29, 1.82) is 0 Å². The van der Waals surface area contributed by atoms with Gasteiger partial charge in [-0.15, -0.1) is 5.10 Å². The summed E-state index contributed by atoms with van der Waals surface area (Å²) in [6.07, 6.45) is 5.78. The second-order valence-corrected chi connectivity index (χ2v) is 8.31. The Morgan fingerprint density at radius 1 is 1.03 bits per heavy atom. The van der Waals surface area contributed by atoms with Crippen molar-refractivity contribution in [2.24, 2.45) is 0 Å². The fourth-order valence-electron chi connectivity index (χ4n) is 3.94. The van der Waals surface area contributed by atoms with Gasteiger partial charge in [0.1, 0.15) is 22.8 Å². The van der Waals surface area contributed by atoms with Crippen LogP contribution in [0.2, 0.25) is 0 Å². The van der Waals surface area contributed by atoms with Crippen LogP contribution in [0.3, 0.4) is 0 Å². The number of aromatic nitrogens is 5. The van der Waals surface area contributed by atoms with Crippen LogP contribution < -0.4 is 4.74 Å². The van der Waals surface area contributed by atoms with Gasteiger partial charge in [0.25, 0.3) is 0 Å². The van der Waals surface area contributed by atoms with Gasteiger partial charge in [-0.1, -0.05) is 23.4 Å². The number of hydrogen-bond acceptors (Lipinski definition) is 6. The second-order valence-electron chi connectivity index (χ2n) is 8.31. The van der Waals surface area contributed by atoms with Crippen LogP contribution in [-0.2, 0) is 10.9 Å². The van der Waals surface area contributed by atoms with Crippen molar-refractivity contribution in [1.82, 2.24) is 24.8 Å². The monoisotopic (exact) mass is 521 g/mol. The predicted octanol–water partition coefficient (Wildman–Crippen LogP) is 5.93. The SMILES string of the molecule is CCOC(=O)c1cnn(-c2ccc(-c3cn(-c4ccc(OC5=CCCC=C5)cc4)nn3)cc2)c1C(F)(F)F. The van der Waals surface area contributed by atoms with Crippen molar-refractivity contribution >= 4 is 5.97 Å². The van der Waals surface area contributed by atoms with Crippen LogP contribution in [0.1, 0.15) is 35.8 Å². The first-order valence-electron chi connectivity index (χ1n) is 11.8. The number of alkyl halides is 3. The minimum absolute atomic E-state index is 0.0511. The molecule has 0 spiro atoms. The summed E-state index contributed by atoms with van der Waals surface area (Å²) >= 11 is 0. The summed E-state index contributed by atoms with van der Waals surface area (Å²) in [4.78, 5) is 12.0. The molecule has 0 aliphatic heterocycles. The third-order valence-electron chi connectivity index (χ3n) is 5.73. The summed E-state index contributed by atoms with van der Waals surface area (Å²) in [5, 5.41) is 12.1. The number of carbonyl (C=O) groups excluding carboxylic acids is 1. The lowest BCUT2D eigenvalue weighted by Gasteiger charge is -2.12. The molecule has 1 aliphatic carbocycles. The molecule has 0 N–H and O–H groups in total. The largest absolute Gasteiger partial charge is 0.462 e. The van der Waals surface area contributed by atoms with E-state index in [1.165, 1.54) is 19.1 Å². The molecule has 38 heavy (non-hydrogen) atoms. The molecule has 11 heteroatoms. The number of rotatable bonds is 7. The molecule has 1 aliphatic rings. The molecular formula is C27H22F3N5O3. The van der Waals surface area contributed by atoms with Crippen LogP contribution in [0.25, 0.3) is 22.6 Å². The van der Waals surface area contributed by atoms with Gasteiger partial charge in [0.2, 0.25) is 0 Å². The fourth-order valence-corrected chi connectivity index (χ4v) is 3.94. The fraction of sp³-hybridized carbons (Fsp3) is 0.185. The van der Waals surface area contributed by atoms with E-state index in [0.29, 0.717) is 21.7 Å². The second kappa shape index (κ2) is 10.4. The van der Waals surface area contributed by atoms with Crippen molar-refractivity contribution in [2.45, 2.75) is 25.9 Å². The van der Waals surface area contributed by atoms with Crippen LogP contribution >= 0.6 is 0 Å². The van der Waals surface area contributed by atoms with Crippen molar-refractivity contribution in [3.8, 4) is 28.4 Å². The molecule has 0 radical (unpaired) electrons. The highest BCUT2D eigenvalue weighted by Crippen LogP contribution is 2.34.